The van der Waals surface area contributed by atoms with Gasteiger partial charge in [0.25, 0.3) is 0 Å². The van der Waals surface area contributed by atoms with Gasteiger partial charge in [0.1, 0.15) is 24.4 Å². The number of ether oxygens (including phenoxy) is 4. The van der Waals surface area contributed by atoms with Crippen LogP contribution in [0.25, 0.3) is 21.5 Å². The van der Waals surface area contributed by atoms with Gasteiger partial charge in [-0.1, -0.05) is 72.8 Å². The maximum atomic E-state index is 9.79. The number of fused-ring (bicyclic) bond motifs is 2. The number of benzene rings is 4. The van der Waals surface area contributed by atoms with Crippen molar-refractivity contribution in [2.45, 2.75) is 50.0 Å². The summed E-state index contributed by atoms with van der Waals surface area (Å²) < 4.78 is 24.6. The van der Waals surface area contributed by atoms with E-state index in [9.17, 15) is 10.2 Å². The molecule has 0 amide bonds. The summed E-state index contributed by atoms with van der Waals surface area (Å²) in [4.78, 5) is 0. The largest absolute Gasteiger partial charge is 0.394 e. The van der Waals surface area contributed by atoms with Crippen molar-refractivity contribution >= 4 is 21.5 Å². The molecule has 39 heavy (non-hydrogen) atoms. The first-order chi connectivity index (χ1) is 19.1. The maximum absolute atomic E-state index is 9.79. The van der Waals surface area contributed by atoms with Gasteiger partial charge in [0.2, 0.25) is 0 Å². The van der Waals surface area contributed by atoms with Crippen LogP contribution in [0.5, 0.6) is 0 Å². The van der Waals surface area contributed by atoms with E-state index in [1.54, 1.807) is 0 Å². The molecule has 1 fully saturated rings. The molecule has 1 heterocycles. The normalized spacial score (nSPS) is 24.3. The van der Waals surface area contributed by atoms with Crippen molar-refractivity contribution in [3.8, 4) is 0 Å². The predicted molar refractivity (Wildman–Crippen MR) is 150 cm³/mol. The van der Waals surface area contributed by atoms with E-state index in [2.05, 4.69) is 48.5 Å². The number of hydrogen-bond donors (Lipinski definition) is 4. The highest BCUT2D eigenvalue weighted by Gasteiger charge is 2.46. The molecule has 6 atom stereocenters. The molecule has 206 valence electrons. The lowest BCUT2D eigenvalue weighted by molar-refractivity contribution is -0.280. The lowest BCUT2D eigenvalue weighted by Gasteiger charge is -2.44. The van der Waals surface area contributed by atoms with E-state index in [-0.39, 0.29) is 13.2 Å². The topological polar surface area (TPSA) is 129 Å². The molecular weight excluding hydrogens is 496 g/mol. The Labute approximate surface area is 228 Å². The van der Waals surface area contributed by atoms with Crippen LogP contribution in [-0.2, 0) is 32.2 Å². The van der Waals surface area contributed by atoms with Crippen molar-refractivity contribution in [1.82, 2.24) is 0 Å². The Morgan fingerprint density at radius 1 is 0.744 bits per heavy atom. The van der Waals surface area contributed by atoms with E-state index in [4.69, 9.17) is 30.4 Å². The van der Waals surface area contributed by atoms with Crippen LogP contribution in [0.4, 0.5) is 0 Å². The van der Waals surface area contributed by atoms with Gasteiger partial charge in [0.05, 0.1) is 32.5 Å². The molecule has 0 radical (unpaired) electrons. The van der Waals surface area contributed by atoms with Crippen LogP contribution in [0.3, 0.4) is 0 Å². The molecule has 0 aromatic heterocycles. The van der Waals surface area contributed by atoms with Crippen LogP contribution in [0.1, 0.15) is 11.1 Å². The SMILES string of the molecule is NCC1OC(OCC(O)CO)C(N)C(OCc2ccc3ccccc3c2)C1OCc1ccc2ccccc2c1. The fourth-order valence-corrected chi connectivity index (χ4v) is 4.97. The summed E-state index contributed by atoms with van der Waals surface area (Å²) in [5.74, 6) is 0. The molecule has 1 saturated heterocycles. The molecule has 8 heteroatoms. The minimum Gasteiger partial charge on any atom is -0.394 e. The average Bonchev–Trinajstić information content (AvgIpc) is 2.98. The molecule has 6 N–H and O–H groups in total. The molecule has 4 aromatic rings. The molecule has 1 aliphatic heterocycles. The summed E-state index contributed by atoms with van der Waals surface area (Å²) in [7, 11) is 0. The fourth-order valence-electron chi connectivity index (χ4n) is 4.97. The molecule has 1 aliphatic rings. The van der Waals surface area contributed by atoms with Crippen LogP contribution < -0.4 is 11.5 Å². The van der Waals surface area contributed by atoms with E-state index < -0.39 is 43.4 Å². The second kappa shape index (κ2) is 13.0. The van der Waals surface area contributed by atoms with Crippen LogP contribution in [0.2, 0.25) is 0 Å². The van der Waals surface area contributed by atoms with Gasteiger partial charge in [-0.25, -0.2) is 0 Å². The van der Waals surface area contributed by atoms with Gasteiger partial charge in [-0.15, -0.1) is 0 Å². The highest BCUT2D eigenvalue weighted by Crippen LogP contribution is 2.28. The van der Waals surface area contributed by atoms with Gasteiger partial charge in [0, 0.05) is 6.54 Å². The zero-order valence-corrected chi connectivity index (χ0v) is 21.8. The van der Waals surface area contributed by atoms with Gasteiger partial charge < -0.3 is 40.6 Å². The summed E-state index contributed by atoms with van der Waals surface area (Å²) in [6, 6.07) is 28.0. The fraction of sp³-hybridized carbons (Fsp3) is 0.355. The minimum absolute atomic E-state index is 0.133. The first-order valence-corrected chi connectivity index (χ1v) is 13.3. The Morgan fingerprint density at radius 3 is 1.82 bits per heavy atom. The number of hydrogen-bond acceptors (Lipinski definition) is 8. The van der Waals surface area contributed by atoms with Crippen LogP contribution in [0.15, 0.2) is 84.9 Å². The second-order valence-corrected chi connectivity index (χ2v) is 9.94. The molecule has 0 aliphatic carbocycles. The third-order valence-corrected chi connectivity index (χ3v) is 7.10. The molecule has 4 aromatic carbocycles. The number of aliphatic hydroxyl groups is 2. The van der Waals surface area contributed by atoms with Crippen molar-refractivity contribution in [2.24, 2.45) is 11.5 Å². The van der Waals surface area contributed by atoms with Gasteiger partial charge in [-0.05, 0) is 44.8 Å². The maximum Gasteiger partial charge on any atom is 0.175 e. The Kier molecular flexibility index (Phi) is 9.18. The number of aliphatic hydroxyl groups excluding tert-OH is 2. The van der Waals surface area contributed by atoms with E-state index in [0.717, 1.165) is 32.7 Å². The summed E-state index contributed by atoms with van der Waals surface area (Å²) in [5, 5.41) is 23.5. The lowest BCUT2D eigenvalue weighted by atomic mass is 9.96. The highest BCUT2D eigenvalue weighted by molar-refractivity contribution is 5.83. The summed E-state index contributed by atoms with van der Waals surface area (Å²) in [6.45, 7) is 0.232. The second-order valence-electron chi connectivity index (χ2n) is 9.94. The van der Waals surface area contributed by atoms with Crippen molar-refractivity contribution in [1.29, 1.82) is 0 Å². The van der Waals surface area contributed by atoms with Gasteiger partial charge in [-0.2, -0.15) is 0 Å². The molecule has 6 unspecified atom stereocenters. The van der Waals surface area contributed by atoms with Crippen molar-refractivity contribution in [3.05, 3.63) is 96.1 Å². The molecule has 0 bridgehead atoms. The molecule has 0 spiro atoms. The van der Waals surface area contributed by atoms with E-state index >= 15 is 0 Å². The molecular formula is C31H36N2O6. The zero-order valence-electron chi connectivity index (χ0n) is 21.8. The lowest BCUT2D eigenvalue weighted by Crippen LogP contribution is -2.64. The van der Waals surface area contributed by atoms with Crippen molar-refractivity contribution < 1.29 is 29.2 Å². The van der Waals surface area contributed by atoms with Crippen molar-refractivity contribution in [2.75, 3.05) is 19.8 Å². The van der Waals surface area contributed by atoms with Crippen LogP contribution in [-0.4, -0.2) is 66.7 Å². The number of rotatable bonds is 11. The first kappa shape index (κ1) is 27.6. The monoisotopic (exact) mass is 532 g/mol. The Balaban J connectivity index is 1.35. The third-order valence-electron chi connectivity index (χ3n) is 7.10. The molecule has 0 saturated carbocycles. The smallest absolute Gasteiger partial charge is 0.175 e. The van der Waals surface area contributed by atoms with Gasteiger partial charge >= 0.3 is 0 Å². The predicted octanol–water partition coefficient (Wildman–Crippen LogP) is 2.84. The van der Waals surface area contributed by atoms with Crippen molar-refractivity contribution in [3.63, 3.8) is 0 Å². The van der Waals surface area contributed by atoms with Gasteiger partial charge in [0.15, 0.2) is 6.29 Å². The zero-order chi connectivity index (χ0) is 27.2. The summed E-state index contributed by atoms with van der Waals surface area (Å²) in [5.41, 5.74) is 14.7. The number of nitrogens with two attached hydrogens (primary N) is 2. The van der Waals surface area contributed by atoms with Crippen LogP contribution >= 0.6 is 0 Å². The molecule has 8 nitrogen and oxygen atoms in total. The van der Waals surface area contributed by atoms with Crippen LogP contribution in [0, 0.1) is 0 Å². The quantitative estimate of drug-likeness (QED) is 0.232. The van der Waals surface area contributed by atoms with E-state index in [1.165, 1.54) is 0 Å². The third kappa shape index (κ3) is 6.63. The summed E-state index contributed by atoms with van der Waals surface area (Å²) >= 11 is 0. The summed E-state index contributed by atoms with van der Waals surface area (Å²) in [6.07, 6.45) is -3.64. The Bertz CT molecular complexity index is 1370. The Hall–Kier alpha value is -2.92. The standard InChI is InChI=1S/C31H36N2O6/c32-15-27-29(36-17-20-9-11-22-5-1-3-7-24(22)13-20)30(28(33)31(39-27)38-19-26(35)16-34)37-18-21-10-12-23-6-2-4-8-25(23)14-21/h1-14,26-31,34-35H,15-19,32-33H2. The highest BCUT2D eigenvalue weighted by atomic mass is 16.7. The molecule has 5 rings (SSSR count). The van der Waals surface area contributed by atoms with E-state index in [1.807, 2.05) is 36.4 Å². The van der Waals surface area contributed by atoms with Gasteiger partial charge in [-0.3, -0.25) is 0 Å². The van der Waals surface area contributed by atoms with E-state index in [0.29, 0.717) is 13.2 Å². The average molecular weight is 533 g/mol. The first-order valence-electron chi connectivity index (χ1n) is 13.3. The Morgan fingerprint density at radius 2 is 1.28 bits per heavy atom. The minimum atomic E-state index is -1.05.